The van der Waals surface area contributed by atoms with Crippen molar-refractivity contribution >= 4 is 0 Å². The van der Waals surface area contributed by atoms with Gasteiger partial charge < -0.3 is 14.4 Å². The Morgan fingerprint density at radius 2 is 1.67 bits per heavy atom. The molecule has 0 radical (unpaired) electrons. The van der Waals surface area contributed by atoms with Crippen LogP contribution in [0.1, 0.15) is 6.92 Å². The molecule has 0 N–H and O–H groups in total. The first-order chi connectivity index (χ1) is 10.3. The first-order valence-electron chi connectivity index (χ1n) is 7.70. The number of para-hydroxylation sites is 2. The second kappa shape index (κ2) is 8.70. The van der Waals surface area contributed by atoms with Crippen LogP contribution in [0.25, 0.3) is 0 Å². The van der Waals surface area contributed by atoms with Crippen LogP contribution in [0.4, 0.5) is 0 Å². The lowest BCUT2D eigenvalue weighted by molar-refractivity contribution is 0.166. The maximum Gasteiger partial charge on any atom is 0.161 e. The number of likely N-dealkylation sites (N-methyl/N-ethyl adjacent to an activating group) is 1. The monoisotopic (exact) mass is 290 g/mol. The van der Waals surface area contributed by atoms with Crippen LogP contribution >= 0.6 is 0 Å². The molecular weight excluding hydrogens is 264 g/mol. The van der Waals surface area contributed by atoms with E-state index in [-0.39, 0.29) is 0 Å². The topological polar surface area (TPSA) is 24.9 Å². The van der Waals surface area contributed by atoms with Crippen LogP contribution in [-0.2, 0) is 0 Å². The summed E-state index contributed by atoms with van der Waals surface area (Å²) in [5, 5.41) is 0. The zero-order valence-corrected chi connectivity index (χ0v) is 13.1. The molecule has 1 aliphatic heterocycles. The third kappa shape index (κ3) is 5.40. The number of rotatable bonds is 7. The Morgan fingerprint density at radius 1 is 1.00 bits per heavy atom. The molecule has 0 spiro atoms. The summed E-state index contributed by atoms with van der Waals surface area (Å²) in [5.74, 6) is 1.62. The van der Waals surface area contributed by atoms with Crippen molar-refractivity contribution in [2.75, 3.05) is 53.0 Å². The number of benzene rings is 1. The molecule has 0 atom stereocenters. The number of hydrogen-bond donors (Lipinski definition) is 0. The quantitative estimate of drug-likeness (QED) is 0.719. The van der Waals surface area contributed by atoms with Gasteiger partial charge in [0.25, 0.3) is 0 Å². The highest BCUT2D eigenvalue weighted by atomic mass is 16.5. The molecule has 21 heavy (non-hydrogen) atoms. The highest BCUT2D eigenvalue weighted by Crippen LogP contribution is 2.26. The van der Waals surface area contributed by atoms with Gasteiger partial charge in [0.1, 0.15) is 6.61 Å². The standard InChI is InChI=1S/C17H26N2O2/c1-3-20-16-8-4-5-9-17(16)21-15-7-6-10-19-13-11-18(2)12-14-19/h4-9H,3,10-15H2,1-2H3/b7-6+. The molecule has 4 heteroatoms. The molecule has 0 amide bonds. The van der Waals surface area contributed by atoms with Crippen LogP contribution in [0.3, 0.4) is 0 Å². The summed E-state index contributed by atoms with van der Waals surface area (Å²) in [4.78, 5) is 4.83. The molecule has 1 aromatic carbocycles. The second-order valence-corrected chi connectivity index (χ2v) is 5.27. The van der Waals surface area contributed by atoms with E-state index in [0.29, 0.717) is 13.2 Å². The highest BCUT2D eigenvalue weighted by Gasteiger charge is 2.11. The Balaban J connectivity index is 1.70. The smallest absolute Gasteiger partial charge is 0.161 e. The van der Waals surface area contributed by atoms with Gasteiger partial charge >= 0.3 is 0 Å². The summed E-state index contributed by atoms with van der Waals surface area (Å²) in [5.41, 5.74) is 0. The lowest BCUT2D eigenvalue weighted by Gasteiger charge is -2.31. The number of nitrogens with zero attached hydrogens (tertiary/aromatic N) is 2. The SMILES string of the molecule is CCOc1ccccc1OC/C=C/CN1CCN(C)CC1. The maximum atomic E-state index is 5.76. The summed E-state index contributed by atoms with van der Waals surface area (Å²) < 4.78 is 11.3. The third-order valence-electron chi connectivity index (χ3n) is 3.61. The average molecular weight is 290 g/mol. The lowest BCUT2D eigenvalue weighted by atomic mass is 10.3. The van der Waals surface area contributed by atoms with E-state index in [0.717, 1.165) is 44.2 Å². The van der Waals surface area contributed by atoms with Crippen LogP contribution in [-0.4, -0.2) is 62.8 Å². The molecule has 1 heterocycles. The first-order valence-corrected chi connectivity index (χ1v) is 7.70. The molecule has 0 unspecified atom stereocenters. The van der Waals surface area contributed by atoms with Gasteiger partial charge in [-0.1, -0.05) is 24.3 Å². The fourth-order valence-corrected chi connectivity index (χ4v) is 2.30. The lowest BCUT2D eigenvalue weighted by Crippen LogP contribution is -2.44. The van der Waals surface area contributed by atoms with Gasteiger partial charge in [0, 0.05) is 32.7 Å². The van der Waals surface area contributed by atoms with Crippen molar-refractivity contribution in [3.8, 4) is 11.5 Å². The Hall–Kier alpha value is -1.52. The third-order valence-corrected chi connectivity index (χ3v) is 3.61. The summed E-state index contributed by atoms with van der Waals surface area (Å²) in [6.07, 6.45) is 4.27. The van der Waals surface area contributed by atoms with E-state index in [9.17, 15) is 0 Å². The molecule has 4 nitrogen and oxygen atoms in total. The molecule has 2 rings (SSSR count). The molecule has 1 fully saturated rings. The van der Waals surface area contributed by atoms with E-state index >= 15 is 0 Å². The van der Waals surface area contributed by atoms with Gasteiger partial charge in [-0.05, 0) is 26.1 Å². The normalized spacial score (nSPS) is 17.2. The van der Waals surface area contributed by atoms with Crippen LogP contribution in [0.15, 0.2) is 36.4 Å². The maximum absolute atomic E-state index is 5.76. The van der Waals surface area contributed by atoms with Gasteiger partial charge in [-0.2, -0.15) is 0 Å². The van der Waals surface area contributed by atoms with Crippen LogP contribution in [0.5, 0.6) is 11.5 Å². The van der Waals surface area contributed by atoms with Crippen molar-refractivity contribution in [2.24, 2.45) is 0 Å². The molecular formula is C17H26N2O2. The van der Waals surface area contributed by atoms with Crippen molar-refractivity contribution in [3.63, 3.8) is 0 Å². The predicted octanol–water partition coefficient (Wildman–Crippen LogP) is 2.27. The molecule has 0 aromatic heterocycles. The minimum atomic E-state index is 0.581. The summed E-state index contributed by atoms with van der Waals surface area (Å²) in [6.45, 7) is 8.83. The number of hydrogen-bond acceptors (Lipinski definition) is 4. The minimum Gasteiger partial charge on any atom is -0.490 e. The van der Waals surface area contributed by atoms with Crippen molar-refractivity contribution in [2.45, 2.75) is 6.92 Å². The van der Waals surface area contributed by atoms with Crippen LogP contribution < -0.4 is 9.47 Å². The Kier molecular flexibility index (Phi) is 6.57. The van der Waals surface area contributed by atoms with Gasteiger partial charge in [-0.3, -0.25) is 4.90 Å². The average Bonchev–Trinajstić information content (AvgIpc) is 2.51. The summed E-state index contributed by atoms with van der Waals surface area (Å²) >= 11 is 0. The minimum absolute atomic E-state index is 0.581. The summed E-state index contributed by atoms with van der Waals surface area (Å²) in [6, 6.07) is 7.80. The zero-order valence-electron chi connectivity index (χ0n) is 13.1. The van der Waals surface area contributed by atoms with Crippen LogP contribution in [0, 0.1) is 0 Å². The Labute approximate surface area is 127 Å². The Morgan fingerprint density at radius 3 is 2.33 bits per heavy atom. The molecule has 116 valence electrons. The highest BCUT2D eigenvalue weighted by molar-refractivity contribution is 5.39. The van der Waals surface area contributed by atoms with E-state index in [1.807, 2.05) is 31.2 Å². The number of piperazine rings is 1. The van der Waals surface area contributed by atoms with Gasteiger partial charge in [-0.15, -0.1) is 0 Å². The largest absolute Gasteiger partial charge is 0.490 e. The molecule has 1 aliphatic rings. The van der Waals surface area contributed by atoms with Crippen molar-refractivity contribution in [3.05, 3.63) is 36.4 Å². The Bertz CT molecular complexity index is 440. The predicted molar refractivity (Wildman–Crippen MR) is 86.2 cm³/mol. The van der Waals surface area contributed by atoms with E-state index in [4.69, 9.17) is 9.47 Å². The van der Waals surface area contributed by atoms with Gasteiger partial charge in [0.05, 0.1) is 6.61 Å². The summed E-state index contributed by atoms with van der Waals surface area (Å²) in [7, 11) is 2.18. The van der Waals surface area contributed by atoms with Gasteiger partial charge in [0.2, 0.25) is 0 Å². The van der Waals surface area contributed by atoms with E-state index in [1.54, 1.807) is 0 Å². The van der Waals surface area contributed by atoms with E-state index in [2.05, 4.69) is 29.0 Å². The number of ether oxygens (including phenoxy) is 2. The van der Waals surface area contributed by atoms with Crippen molar-refractivity contribution in [1.82, 2.24) is 9.80 Å². The molecule has 0 bridgehead atoms. The van der Waals surface area contributed by atoms with Crippen molar-refractivity contribution < 1.29 is 9.47 Å². The fourth-order valence-electron chi connectivity index (χ4n) is 2.30. The molecule has 0 saturated carbocycles. The molecule has 0 aliphatic carbocycles. The molecule has 1 saturated heterocycles. The van der Waals surface area contributed by atoms with Gasteiger partial charge in [-0.25, -0.2) is 0 Å². The zero-order chi connectivity index (χ0) is 14.9. The van der Waals surface area contributed by atoms with Gasteiger partial charge in [0.15, 0.2) is 11.5 Å². The first kappa shape index (κ1) is 15.9. The van der Waals surface area contributed by atoms with E-state index in [1.165, 1.54) is 0 Å². The second-order valence-electron chi connectivity index (χ2n) is 5.27. The van der Waals surface area contributed by atoms with Crippen molar-refractivity contribution in [1.29, 1.82) is 0 Å². The van der Waals surface area contributed by atoms with Crippen LogP contribution in [0.2, 0.25) is 0 Å². The fraction of sp³-hybridized carbons (Fsp3) is 0.529. The molecule has 1 aromatic rings. The van der Waals surface area contributed by atoms with E-state index < -0.39 is 0 Å².